The van der Waals surface area contributed by atoms with Crippen LogP contribution in [0.15, 0.2) is 0 Å². The van der Waals surface area contributed by atoms with Crippen molar-refractivity contribution in [2.24, 2.45) is 0 Å². The number of nitrogens with one attached hydrogen (secondary N) is 1. The van der Waals surface area contributed by atoms with Crippen LogP contribution in [0.1, 0.15) is 17.8 Å². The molecule has 4 nitrogen and oxygen atoms in total. The molecule has 0 saturated carbocycles. The number of alkyl halides is 1. The zero-order valence-corrected chi connectivity index (χ0v) is 7.46. The molecule has 1 aliphatic heterocycles. The van der Waals surface area contributed by atoms with Crippen LogP contribution < -0.4 is 5.32 Å². The van der Waals surface area contributed by atoms with E-state index in [1.165, 1.54) is 0 Å². The number of rotatable bonds is 3. The van der Waals surface area contributed by atoms with Crippen LogP contribution in [0, 0.1) is 0 Å². The van der Waals surface area contributed by atoms with Gasteiger partial charge in [0.15, 0.2) is 0 Å². The first-order valence-electron chi connectivity index (χ1n) is 4.59. The third-order valence-electron chi connectivity index (χ3n) is 2.25. The Morgan fingerprint density at radius 1 is 1.54 bits per heavy atom. The lowest BCUT2D eigenvalue weighted by Crippen LogP contribution is -2.25. The fourth-order valence-corrected chi connectivity index (χ4v) is 1.56. The summed E-state index contributed by atoms with van der Waals surface area (Å²) in [5.74, 6) is 0. The molecule has 2 rings (SSSR count). The van der Waals surface area contributed by atoms with E-state index in [9.17, 15) is 4.39 Å². The molecule has 0 bridgehead atoms. The lowest BCUT2D eigenvalue weighted by Gasteiger charge is -2.12. The topological polar surface area (TPSA) is 42.7 Å². The summed E-state index contributed by atoms with van der Waals surface area (Å²) in [5, 5.41) is 11.3. The predicted octanol–water partition coefficient (Wildman–Crippen LogP) is 0.283. The van der Waals surface area contributed by atoms with E-state index in [2.05, 4.69) is 15.6 Å². The normalized spacial score (nSPS) is 15.8. The van der Waals surface area contributed by atoms with Crippen LogP contribution in [0.3, 0.4) is 0 Å². The number of aromatic nitrogens is 3. The molecule has 1 N–H and O–H groups in total. The summed E-state index contributed by atoms with van der Waals surface area (Å²) < 4.78 is 13.7. The van der Waals surface area contributed by atoms with Crippen molar-refractivity contribution in [3.63, 3.8) is 0 Å². The second kappa shape index (κ2) is 3.83. The molecule has 5 heteroatoms. The first-order valence-corrected chi connectivity index (χ1v) is 4.59. The number of fused-ring (bicyclic) bond motifs is 1. The molecular formula is C8H13FN4. The highest BCUT2D eigenvalue weighted by Crippen LogP contribution is 2.10. The van der Waals surface area contributed by atoms with Crippen LogP contribution in [-0.4, -0.2) is 28.2 Å². The largest absolute Gasteiger partial charge is 0.311 e. The summed E-state index contributed by atoms with van der Waals surface area (Å²) in [6.45, 7) is 2.13. The van der Waals surface area contributed by atoms with Crippen molar-refractivity contribution in [3.8, 4) is 0 Å². The van der Waals surface area contributed by atoms with E-state index in [0.29, 0.717) is 13.0 Å². The van der Waals surface area contributed by atoms with Gasteiger partial charge in [0.25, 0.3) is 0 Å². The van der Waals surface area contributed by atoms with Crippen LogP contribution in [0.4, 0.5) is 4.39 Å². The number of nitrogens with zero attached hydrogens (tertiary/aromatic N) is 3. The van der Waals surface area contributed by atoms with Gasteiger partial charge in [-0.1, -0.05) is 5.21 Å². The fourth-order valence-electron chi connectivity index (χ4n) is 1.56. The Morgan fingerprint density at radius 3 is 3.31 bits per heavy atom. The Bertz CT molecular complexity index is 284. The van der Waals surface area contributed by atoms with Crippen LogP contribution in [0.5, 0.6) is 0 Å². The SMILES string of the molecule is FCCCn1nnc2c1CNCC2. The molecule has 0 saturated heterocycles. The van der Waals surface area contributed by atoms with Crippen LogP contribution in [0.25, 0.3) is 0 Å². The monoisotopic (exact) mass is 184 g/mol. The minimum Gasteiger partial charge on any atom is -0.311 e. The van der Waals surface area contributed by atoms with Crippen molar-refractivity contribution in [1.29, 1.82) is 0 Å². The lowest BCUT2D eigenvalue weighted by molar-refractivity contribution is 0.423. The summed E-state index contributed by atoms with van der Waals surface area (Å²) in [5.41, 5.74) is 2.19. The van der Waals surface area contributed by atoms with Gasteiger partial charge in [-0.25, -0.2) is 4.68 Å². The van der Waals surface area contributed by atoms with E-state index in [0.717, 1.165) is 30.9 Å². The van der Waals surface area contributed by atoms with Gasteiger partial charge >= 0.3 is 0 Å². The molecular weight excluding hydrogens is 171 g/mol. The van der Waals surface area contributed by atoms with Crippen molar-refractivity contribution in [2.75, 3.05) is 13.2 Å². The average Bonchev–Trinajstić information content (AvgIpc) is 2.58. The van der Waals surface area contributed by atoms with E-state index < -0.39 is 0 Å². The minimum absolute atomic E-state index is 0.290. The third-order valence-corrected chi connectivity index (χ3v) is 2.25. The molecule has 0 radical (unpaired) electrons. The zero-order chi connectivity index (χ0) is 9.10. The molecule has 0 atom stereocenters. The van der Waals surface area contributed by atoms with Gasteiger partial charge in [0, 0.05) is 26.1 Å². The number of halogens is 1. The molecule has 13 heavy (non-hydrogen) atoms. The molecule has 0 aromatic carbocycles. The van der Waals surface area contributed by atoms with Crippen molar-refractivity contribution < 1.29 is 4.39 Å². The Hall–Kier alpha value is -0.970. The van der Waals surface area contributed by atoms with Gasteiger partial charge in [0.2, 0.25) is 0 Å². The van der Waals surface area contributed by atoms with E-state index in [1.807, 2.05) is 0 Å². The van der Waals surface area contributed by atoms with Crippen molar-refractivity contribution in [1.82, 2.24) is 20.3 Å². The maximum absolute atomic E-state index is 11.9. The summed E-state index contributed by atoms with van der Waals surface area (Å²) in [6.07, 6.45) is 1.46. The maximum atomic E-state index is 11.9. The van der Waals surface area contributed by atoms with E-state index in [4.69, 9.17) is 0 Å². The maximum Gasteiger partial charge on any atom is 0.0912 e. The molecule has 1 aromatic rings. The molecule has 0 aliphatic carbocycles. The van der Waals surface area contributed by atoms with Gasteiger partial charge in [0.1, 0.15) is 0 Å². The van der Waals surface area contributed by atoms with Crippen LogP contribution >= 0.6 is 0 Å². The van der Waals surface area contributed by atoms with E-state index in [-0.39, 0.29) is 6.67 Å². The van der Waals surface area contributed by atoms with Crippen LogP contribution in [0.2, 0.25) is 0 Å². The first kappa shape index (κ1) is 8.62. The van der Waals surface area contributed by atoms with Gasteiger partial charge < -0.3 is 5.32 Å². The van der Waals surface area contributed by atoms with Crippen LogP contribution in [-0.2, 0) is 19.5 Å². The summed E-state index contributed by atoms with van der Waals surface area (Å²) in [4.78, 5) is 0. The standard InChI is InChI=1S/C8H13FN4/c9-3-1-5-13-8-6-10-4-2-7(8)11-12-13/h10H,1-6H2. The zero-order valence-electron chi connectivity index (χ0n) is 7.46. The molecule has 1 aliphatic rings. The van der Waals surface area contributed by atoms with E-state index in [1.54, 1.807) is 4.68 Å². The van der Waals surface area contributed by atoms with Crippen molar-refractivity contribution in [3.05, 3.63) is 11.4 Å². The summed E-state index contributed by atoms with van der Waals surface area (Å²) in [6, 6.07) is 0. The second-order valence-corrected chi connectivity index (χ2v) is 3.18. The minimum atomic E-state index is -0.290. The molecule has 1 aromatic heterocycles. The number of aryl methyl sites for hydroxylation is 1. The van der Waals surface area contributed by atoms with Crippen molar-refractivity contribution >= 4 is 0 Å². The van der Waals surface area contributed by atoms with E-state index >= 15 is 0 Å². The molecule has 0 amide bonds. The quantitative estimate of drug-likeness (QED) is 0.734. The van der Waals surface area contributed by atoms with Crippen molar-refractivity contribution in [2.45, 2.75) is 25.9 Å². The highest BCUT2D eigenvalue weighted by atomic mass is 19.1. The van der Waals surface area contributed by atoms with Gasteiger partial charge in [-0.3, -0.25) is 4.39 Å². The molecule has 0 fully saturated rings. The molecule has 72 valence electrons. The fraction of sp³-hybridized carbons (Fsp3) is 0.750. The molecule has 0 unspecified atom stereocenters. The first-order chi connectivity index (χ1) is 6.42. The Kier molecular flexibility index (Phi) is 2.54. The highest BCUT2D eigenvalue weighted by molar-refractivity contribution is 5.13. The third kappa shape index (κ3) is 1.70. The Balaban J connectivity index is 2.12. The van der Waals surface area contributed by atoms with Gasteiger partial charge in [-0.15, -0.1) is 5.10 Å². The average molecular weight is 184 g/mol. The Morgan fingerprint density at radius 2 is 2.46 bits per heavy atom. The second-order valence-electron chi connectivity index (χ2n) is 3.18. The summed E-state index contributed by atoms with van der Waals surface area (Å²) in [7, 11) is 0. The molecule has 2 heterocycles. The highest BCUT2D eigenvalue weighted by Gasteiger charge is 2.15. The van der Waals surface area contributed by atoms with Gasteiger partial charge in [-0.05, 0) is 6.42 Å². The summed E-state index contributed by atoms with van der Waals surface area (Å²) >= 11 is 0. The number of hydrogen-bond donors (Lipinski definition) is 1. The van der Waals surface area contributed by atoms with Gasteiger partial charge in [0.05, 0.1) is 18.1 Å². The predicted molar refractivity (Wildman–Crippen MR) is 46.0 cm³/mol. The smallest absolute Gasteiger partial charge is 0.0912 e. The number of hydrogen-bond acceptors (Lipinski definition) is 3. The Labute approximate surface area is 76.1 Å². The lowest BCUT2D eigenvalue weighted by atomic mass is 10.2. The molecule has 0 spiro atoms. The van der Waals surface area contributed by atoms with Gasteiger partial charge in [-0.2, -0.15) is 0 Å².